The predicted molar refractivity (Wildman–Crippen MR) is 109 cm³/mol. The largest absolute Gasteiger partial charge is 0.453 e. The topological polar surface area (TPSA) is 82.6 Å². The number of carbonyl (C=O) groups is 1. The molecular formula is C20H25FN6O2. The molecular weight excluding hydrogens is 375 g/mol. The van der Waals surface area contributed by atoms with Crippen molar-refractivity contribution in [3.05, 3.63) is 36.3 Å². The summed E-state index contributed by atoms with van der Waals surface area (Å²) in [6, 6.07) is 8.19. The lowest BCUT2D eigenvalue weighted by atomic mass is 9.93. The number of halogens is 1. The van der Waals surface area contributed by atoms with Crippen molar-refractivity contribution in [1.29, 1.82) is 0 Å². The molecule has 0 unspecified atom stereocenters. The normalized spacial score (nSPS) is 16.9. The average Bonchev–Trinajstić information content (AvgIpc) is 2.73. The smallest absolute Gasteiger partial charge is 0.409 e. The Balaban J connectivity index is 1.36. The number of aromatic nitrogens is 2. The maximum atomic E-state index is 13.9. The van der Waals surface area contributed by atoms with E-state index >= 15 is 0 Å². The Morgan fingerprint density at radius 2 is 1.90 bits per heavy atom. The highest BCUT2D eigenvalue weighted by Crippen LogP contribution is 2.25. The Kier molecular flexibility index (Phi) is 5.64. The number of nitrogens with one attached hydrogen (secondary N) is 2. The fourth-order valence-electron chi connectivity index (χ4n) is 3.44. The molecule has 154 valence electrons. The summed E-state index contributed by atoms with van der Waals surface area (Å²) < 4.78 is 18.7. The highest BCUT2D eigenvalue weighted by Gasteiger charge is 2.22. The number of carbonyl (C=O) groups excluding carboxylic acids is 1. The Labute approximate surface area is 169 Å². The van der Waals surface area contributed by atoms with Crippen LogP contribution < -0.4 is 15.5 Å². The molecule has 0 atom stereocenters. The molecule has 8 nitrogen and oxygen atoms in total. The number of anilines is 4. The summed E-state index contributed by atoms with van der Waals surface area (Å²) >= 11 is 0. The molecule has 4 rings (SSSR count). The van der Waals surface area contributed by atoms with E-state index in [9.17, 15) is 9.18 Å². The lowest BCUT2D eigenvalue weighted by Crippen LogP contribution is -2.48. The van der Waals surface area contributed by atoms with Gasteiger partial charge in [-0.15, -0.1) is 0 Å². The standard InChI is InChI=1S/C20H25FN6O2/c1-29-20(28)27-11-9-26(10-12-27)16-7-5-15(6-8-16)24-19-22-13-17(21)18(25-19)23-14-3-2-4-14/h5-8,13-14H,2-4,9-12H2,1H3,(H2,22,23,24,25). The van der Waals surface area contributed by atoms with Crippen LogP contribution in [0, 0.1) is 5.82 Å². The van der Waals surface area contributed by atoms with Gasteiger partial charge in [-0.25, -0.2) is 14.2 Å². The van der Waals surface area contributed by atoms with Gasteiger partial charge in [0.05, 0.1) is 13.3 Å². The SMILES string of the molecule is COC(=O)N1CCN(c2ccc(Nc3ncc(F)c(NC4CCC4)n3)cc2)CC1. The zero-order valence-electron chi connectivity index (χ0n) is 16.4. The molecule has 0 spiro atoms. The molecule has 1 aliphatic carbocycles. The first-order valence-electron chi connectivity index (χ1n) is 9.86. The number of amides is 1. The third kappa shape index (κ3) is 4.49. The Morgan fingerprint density at radius 3 is 2.52 bits per heavy atom. The molecule has 1 aromatic heterocycles. The molecule has 1 aliphatic heterocycles. The van der Waals surface area contributed by atoms with Gasteiger partial charge in [0, 0.05) is 43.6 Å². The van der Waals surface area contributed by atoms with Gasteiger partial charge in [-0.1, -0.05) is 0 Å². The van der Waals surface area contributed by atoms with Crippen molar-refractivity contribution in [1.82, 2.24) is 14.9 Å². The fourth-order valence-corrected chi connectivity index (χ4v) is 3.44. The van der Waals surface area contributed by atoms with E-state index in [1.807, 2.05) is 24.3 Å². The first-order chi connectivity index (χ1) is 14.1. The van der Waals surface area contributed by atoms with E-state index in [1.165, 1.54) is 19.7 Å². The number of piperazine rings is 1. The van der Waals surface area contributed by atoms with Crippen LogP contribution in [0.2, 0.25) is 0 Å². The Morgan fingerprint density at radius 1 is 1.17 bits per heavy atom. The van der Waals surface area contributed by atoms with Crippen LogP contribution in [0.4, 0.5) is 32.3 Å². The third-order valence-corrected chi connectivity index (χ3v) is 5.39. The van der Waals surface area contributed by atoms with Crippen molar-refractivity contribution in [3.63, 3.8) is 0 Å². The minimum Gasteiger partial charge on any atom is -0.453 e. The molecule has 29 heavy (non-hydrogen) atoms. The molecule has 1 aromatic carbocycles. The first-order valence-corrected chi connectivity index (χ1v) is 9.86. The molecule has 2 heterocycles. The summed E-state index contributed by atoms with van der Waals surface area (Å²) in [5, 5.41) is 6.25. The molecule has 2 aromatic rings. The molecule has 2 N–H and O–H groups in total. The second kappa shape index (κ2) is 8.50. The van der Waals surface area contributed by atoms with E-state index in [-0.39, 0.29) is 11.9 Å². The average molecular weight is 400 g/mol. The molecule has 1 saturated heterocycles. The fraction of sp³-hybridized carbons (Fsp3) is 0.450. The van der Waals surface area contributed by atoms with Crippen molar-refractivity contribution >= 4 is 29.2 Å². The van der Waals surface area contributed by atoms with Crippen LogP contribution in [-0.2, 0) is 4.74 Å². The summed E-state index contributed by atoms with van der Waals surface area (Å²) in [6.07, 6.45) is 4.16. The van der Waals surface area contributed by atoms with Crippen molar-refractivity contribution in [2.24, 2.45) is 0 Å². The first kappa shape index (κ1) is 19.2. The van der Waals surface area contributed by atoms with Crippen LogP contribution in [0.5, 0.6) is 0 Å². The quantitative estimate of drug-likeness (QED) is 0.797. The molecule has 1 saturated carbocycles. The highest BCUT2D eigenvalue weighted by molar-refractivity contribution is 5.68. The molecule has 0 radical (unpaired) electrons. The summed E-state index contributed by atoms with van der Waals surface area (Å²) in [5.41, 5.74) is 1.90. The van der Waals surface area contributed by atoms with E-state index in [0.29, 0.717) is 25.1 Å². The highest BCUT2D eigenvalue weighted by atomic mass is 19.1. The molecule has 2 fully saturated rings. The van der Waals surface area contributed by atoms with Crippen LogP contribution in [0.1, 0.15) is 19.3 Å². The van der Waals surface area contributed by atoms with Gasteiger partial charge in [0.1, 0.15) is 0 Å². The minimum atomic E-state index is -0.441. The Bertz CT molecular complexity index is 851. The van der Waals surface area contributed by atoms with E-state index in [1.54, 1.807) is 4.90 Å². The van der Waals surface area contributed by atoms with Crippen molar-refractivity contribution in [3.8, 4) is 0 Å². The van der Waals surface area contributed by atoms with Gasteiger partial charge < -0.3 is 25.2 Å². The molecule has 1 amide bonds. The monoisotopic (exact) mass is 400 g/mol. The number of rotatable bonds is 5. The summed E-state index contributed by atoms with van der Waals surface area (Å²) in [4.78, 5) is 23.8. The number of ether oxygens (including phenoxy) is 1. The van der Waals surface area contributed by atoms with Crippen molar-refractivity contribution in [2.45, 2.75) is 25.3 Å². The van der Waals surface area contributed by atoms with Crippen LogP contribution in [-0.4, -0.2) is 60.3 Å². The summed E-state index contributed by atoms with van der Waals surface area (Å²) in [7, 11) is 1.40. The number of benzene rings is 1. The lowest BCUT2D eigenvalue weighted by molar-refractivity contribution is 0.121. The van der Waals surface area contributed by atoms with Gasteiger partial charge >= 0.3 is 6.09 Å². The van der Waals surface area contributed by atoms with Gasteiger partial charge in [-0.05, 0) is 43.5 Å². The van der Waals surface area contributed by atoms with Crippen LogP contribution in [0.15, 0.2) is 30.5 Å². The molecule has 9 heteroatoms. The predicted octanol–water partition coefficient (Wildman–Crippen LogP) is 3.21. The maximum absolute atomic E-state index is 13.9. The second-order valence-electron chi connectivity index (χ2n) is 7.28. The number of methoxy groups -OCH3 is 1. The third-order valence-electron chi connectivity index (χ3n) is 5.39. The van der Waals surface area contributed by atoms with Gasteiger partial charge in [-0.3, -0.25) is 0 Å². The van der Waals surface area contributed by atoms with E-state index in [4.69, 9.17) is 4.74 Å². The summed E-state index contributed by atoms with van der Waals surface area (Å²) in [5.74, 6) is 0.156. The Hall–Kier alpha value is -3.10. The second-order valence-corrected chi connectivity index (χ2v) is 7.28. The zero-order valence-corrected chi connectivity index (χ0v) is 16.4. The summed E-state index contributed by atoms with van der Waals surface area (Å²) in [6.45, 7) is 2.76. The van der Waals surface area contributed by atoms with E-state index in [0.717, 1.165) is 37.3 Å². The maximum Gasteiger partial charge on any atom is 0.409 e. The lowest BCUT2D eigenvalue weighted by Gasteiger charge is -2.35. The van der Waals surface area contributed by atoms with Crippen LogP contribution in [0.3, 0.4) is 0 Å². The number of hydrogen-bond donors (Lipinski definition) is 2. The van der Waals surface area contributed by atoms with Crippen molar-refractivity contribution < 1.29 is 13.9 Å². The van der Waals surface area contributed by atoms with Crippen LogP contribution in [0.25, 0.3) is 0 Å². The van der Waals surface area contributed by atoms with Gasteiger partial charge in [-0.2, -0.15) is 4.98 Å². The molecule has 2 aliphatic rings. The van der Waals surface area contributed by atoms with E-state index < -0.39 is 5.82 Å². The van der Waals surface area contributed by atoms with Crippen molar-refractivity contribution in [2.75, 3.05) is 48.8 Å². The number of nitrogens with zero attached hydrogens (tertiary/aromatic N) is 4. The molecule has 0 bridgehead atoms. The minimum absolute atomic E-state index is 0.243. The number of hydrogen-bond acceptors (Lipinski definition) is 7. The van der Waals surface area contributed by atoms with Gasteiger partial charge in [0.25, 0.3) is 0 Å². The van der Waals surface area contributed by atoms with E-state index in [2.05, 4.69) is 25.5 Å². The van der Waals surface area contributed by atoms with Crippen LogP contribution >= 0.6 is 0 Å². The van der Waals surface area contributed by atoms with Gasteiger partial charge in [0.2, 0.25) is 5.95 Å². The van der Waals surface area contributed by atoms with Gasteiger partial charge in [0.15, 0.2) is 11.6 Å². The zero-order chi connectivity index (χ0) is 20.2.